The van der Waals surface area contributed by atoms with E-state index in [0.717, 1.165) is 5.35 Å². The van der Waals surface area contributed by atoms with Crippen LogP contribution < -0.4 is 10.6 Å². The van der Waals surface area contributed by atoms with Crippen LogP contribution in [-0.2, 0) is 0 Å². The van der Waals surface area contributed by atoms with Gasteiger partial charge < -0.3 is 0 Å². The van der Waals surface area contributed by atoms with Crippen molar-refractivity contribution in [3.05, 3.63) is 40.5 Å². The minimum atomic E-state index is 1.04. The van der Waals surface area contributed by atoms with Gasteiger partial charge in [0.1, 0.15) is 0 Å². The Morgan fingerprint density at radius 1 is 1.31 bits per heavy atom. The number of aryl methyl sites for hydroxylation is 1. The molecule has 1 aromatic heterocycles. The van der Waals surface area contributed by atoms with E-state index in [9.17, 15) is 0 Å². The van der Waals surface area contributed by atoms with Gasteiger partial charge in [0.2, 0.25) is 0 Å². The number of rotatable bonds is 1. The van der Waals surface area contributed by atoms with Crippen LogP contribution in [-0.4, -0.2) is 4.98 Å². The van der Waals surface area contributed by atoms with Gasteiger partial charge >= 0.3 is 0 Å². The summed E-state index contributed by atoms with van der Waals surface area (Å²) in [5.41, 5.74) is 1.27. The van der Waals surface area contributed by atoms with Crippen molar-refractivity contribution < 1.29 is 0 Å². The van der Waals surface area contributed by atoms with Crippen LogP contribution in [0.25, 0.3) is 12.2 Å². The molecule has 0 radical (unpaired) electrons. The van der Waals surface area contributed by atoms with Gasteiger partial charge in [-0.2, -0.15) is 0 Å². The third kappa shape index (κ3) is 2.28. The molecule has 0 atom stereocenters. The lowest BCUT2D eigenvalue weighted by atomic mass is 10.2. The molecular formula is C12H15N. The summed E-state index contributed by atoms with van der Waals surface area (Å²) >= 11 is 0. The first kappa shape index (κ1) is 9.72. The van der Waals surface area contributed by atoms with E-state index >= 15 is 0 Å². The van der Waals surface area contributed by atoms with Gasteiger partial charge in [-0.1, -0.05) is 18.2 Å². The Hall–Kier alpha value is -1.37. The predicted molar refractivity (Wildman–Crippen MR) is 57.6 cm³/mol. The van der Waals surface area contributed by atoms with Gasteiger partial charge in [0.05, 0.1) is 5.35 Å². The number of allylic oxidation sites excluding steroid dienone is 2. The Balaban J connectivity index is 3.47. The first-order chi connectivity index (χ1) is 6.29. The van der Waals surface area contributed by atoms with E-state index in [1.165, 1.54) is 10.8 Å². The molecule has 0 aromatic carbocycles. The topological polar surface area (TPSA) is 12.9 Å². The number of aromatic nitrogens is 1. The summed E-state index contributed by atoms with van der Waals surface area (Å²) in [6.07, 6.45) is 9.98. The highest BCUT2D eigenvalue weighted by Gasteiger charge is 1.88. The van der Waals surface area contributed by atoms with E-state index in [0.29, 0.717) is 0 Å². The Kier molecular flexibility index (Phi) is 3.44. The molecule has 0 amide bonds. The highest BCUT2D eigenvalue weighted by atomic mass is 14.6. The van der Waals surface area contributed by atoms with Gasteiger partial charge in [-0.25, -0.2) is 0 Å². The summed E-state index contributed by atoms with van der Waals surface area (Å²) in [5.74, 6) is 0. The molecule has 0 bridgehead atoms. The molecule has 0 spiro atoms. The SMILES string of the molecule is C\C=C/C=c1/nccc(C)/c1=C/C. The summed E-state index contributed by atoms with van der Waals surface area (Å²) in [6, 6.07) is 2.03. The van der Waals surface area contributed by atoms with Crippen molar-refractivity contribution in [1.29, 1.82) is 0 Å². The van der Waals surface area contributed by atoms with Gasteiger partial charge in [-0.15, -0.1) is 0 Å². The first-order valence-corrected chi connectivity index (χ1v) is 4.50. The predicted octanol–water partition coefficient (Wildman–Crippen LogP) is 1.55. The average Bonchev–Trinajstić information content (AvgIpc) is 2.15. The largest absolute Gasteiger partial charge is 0.256 e. The van der Waals surface area contributed by atoms with Gasteiger partial charge in [-0.05, 0) is 43.7 Å². The van der Waals surface area contributed by atoms with Crippen molar-refractivity contribution in [3.8, 4) is 0 Å². The molecule has 1 aromatic rings. The van der Waals surface area contributed by atoms with Crippen LogP contribution in [0.5, 0.6) is 0 Å². The van der Waals surface area contributed by atoms with E-state index in [-0.39, 0.29) is 0 Å². The zero-order valence-corrected chi connectivity index (χ0v) is 8.41. The molecule has 0 aliphatic rings. The zero-order valence-electron chi connectivity index (χ0n) is 8.41. The van der Waals surface area contributed by atoms with E-state index in [1.54, 1.807) is 0 Å². The van der Waals surface area contributed by atoms with Gasteiger partial charge in [0.25, 0.3) is 0 Å². The van der Waals surface area contributed by atoms with Crippen molar-refractivity contribution in [3.63, 3.8) is 0 Å². The summed E-state index contributed by atoms with van der Waals surface area (Å²) in [5, 5.41) is 2.27. The molecule has 0 unspecified atom stereocenters. The Morgan fingerprint density at radius 3 is 2.69 bits per heavy atom. The lowest BCUT2D eigenvalue weighted by Gasteiger charge is -1.93. The molecule has 1 rings (SSSR count). The molecule has 1 heterocycles. The molecule has 0 fully saturated rings. The molecule has 68 valence electrons. The van der Waals surface area contributed by atoms with Crippen LogP contribution in [0.2, 0.25) is 0 Å². The molecule has 0 N–H and O–H groups in total. The van der Waals surface area contributed by atoms with Crippen molar-refractivity contribution in [1.82, 2.24) is 4.98 Å². The minimum absolute atomic E-state index is 1.04. The van der Waals surface area contributed by atoms with Crippen molar-refractivity contribution in [2.24, 2.45) is 0 Å². The molecule has 0 aliphatic carbocycles. The fourth-order valence-electron chi connectivity index (χ4n) is 1.29. The molecule has 1 heteroatoms. The number of pyridine rings is 1. The maximum atomic E-state index is 4.31. The summed E-state index contributed by atoms with van der Waals surface area (Å²) in [7, 11) is 0. The smallest absolute Gasteiger partial charge is 0.0701 e. The minimum Gasteiger partial charge on any atom is -0.256 e. The van der Waals surface area contributed by atoms with Crippen LogP contribution in [0, 0.1) is 6.92 Å². The van der Waals surface area contributed by atoms with Crippen LogP contribution in [0.3, 0.4) is 0 Å². The average molecular weight is 173 g/mol. The van der Waals surface area contributed by atoms with Gasteiger partial charge in [0, 0.05) is 6.20 Å². The van der Waals surface area contributed by atoms with Crippen LogP contribution in [0.4, 0.5) is 0 Å². The Labute approximate surface area is 79.1 Å². The monoisotopic (exact) mass is 173 g/mol. The van der Waals surface area contributed by atoms with Crippen molar-refractivity contribution in [2.75, 3.05) is 0 Å². The summed E-state index contributed by atoms with van der Waals surface area (Å²) in [6.45, 7) is 6.14. The second-order valence-electron chi connectivity index (χ2n) is 2.91. The van der Waals surface area contributed by atoms with E-state index in [1.807, 2.05) is 44.3 Å². The first-order valence-electron chi connectivity index (χ1n) is 4.50. The second-order valence-corrected chi connectivity index (χ2v) is 2.91. The van der Waals surface area contributed by atoms with Crippen LogP contribution in [0.15, 0.2) is 24.4 Å². The van der Waals surface area contributed by atoms with Crippen molar-refractivity contribution in [2.45, 2.75) is 20.8 Å². The maximum absolute atomic E-state index is 4.31. The normalized spacial score (nSPS) is 14.4. The Morgan fingerprint density at radius 2 is 2.08 bits per heavy atom. The molecule has 0 aliphatic heterocycles. The number of hydrogen-bond acceptors (Lipinski definition) is 1. The molecule has 0 saturated carbocycles. The summed E-state index contributed by atoms with van der Waals surface area (Å²) < 4.78 is 0. The van der Waals surface area contributed by atoms with Gasteiger partial charge in [0.15, 0.2) is 0 Å². The number of hydrogen-bond donors (Lipinski definition) is 0. The van der Waals surface area contributed by atoms with E-state index in [4.69, 9.17) is 0 Å². The highest BCUT2D eigenvalue weighted by molar-refractivity contribution is 5.38. The molecular weight excluding hydrogens is 158 g/mol. The molecule has 1 nitrogen and oxygen atoms in total. The fourth-order valence-corrected chi connectivity index (χ4v) is 1.29. The third-order valence-corrected chi connectivity index (χ3v) is 1.97. The zero-order chi connectivity index (χ0) is 9.68. The van der Waals surface area contributed by atoms with E-state index in [2.05, 4.69) is 18.0 Å². The summed E-state index contributed by atoms with van der Waals surface area (Å²) in [4.78, 5) is 4.31. The molecule has 13 heavy (non-hydrogen) atoms. The van der Waals surface area contributed by atoms with Gasteiger partial charge in [-0.3, -0.25) is 4.98 Å². The molecule has 0 saturated heterocycles. The third-order valence-electron chi connectivity index (χ3n) is 1.97. The second kappa shape index (κ2) is 4.61. The Bertz CT molecular complexity index is 413. The van der Waals surface area contributed by atoms with Crippen LogP contribution in [0.1, 0.15) is 19.4 Å². The van der Waals surface area contributed by atoms with Crippen molar-refractivity contribution >= 4 is 12.2 Å². The maximum Gasteiger partial charge on any atom is 0.0701 e. The quantitative estimate of drug-likeness (QED) is 0.628. The lowest BCUT2D eigenvalue weighted by molar-refractivity contribution is 1.18. The number of nitrogens with zero attached hydrogens (tertiary/aromatic N) is 1. The lowest BCUT2D eigenvalue weighted by Crippen LogP contribution is -2.29. The van der Waals surface area contributed by atoms with E-state index < -0.39 is 0 Å². The van der Waals surface area contributed by atoms with Crippen LogP contribution >= 0.6 is 0 Å². The standard InChI is InChI=1S/C12H15N/c1-4-6-7-12-11(5-2)10(3)8-9-13-12/h4-9H,1-3H3/b6-4-,11-5-,12-7+. The fraction of sp³-hybridized carbons (Fsp3) is 0.250. The highest BCUT2D eigenvalue weighted by Crippen LogP contribution is 1.81.